The first-order chi connectivity index (χ1) is 7.42. The minimum absolute atomic E-state index is 0.239. The summed E-state index contributed by atoms with van der Waals surface area (Å²) in [6.45, 7) is 8.02. The van der Waals surface area contributed by atoms with E-state index in [4.69, 9.17) is 5.73 Å². The van der Waals surface area contributed by atoms with Gasteiger partial charge in [-0.1, -0.05) is 26.7 Å². The third-order valence-corrected chi connectivity index (χ3v) is 2.91. The highest BCUT2D eigenvalue weighted by molar-refractivity contribution is 5.96. The van der Waals surface area contributed by atoms with Gasteiger partial charge in [0.05, 0.1) is 6.04 Å². The molecule has 0 spiro atoms. The van der Waals surface area contributed by atoms with Gasteiger partial charge in [0, 0.05) is 6.04 Å². The summed E-state index contributed by atoms with van der Waals surface area (Å²) in [6, 6.07) is -0.986. The molecule has 5 nitrogen and oxygen atoms in total. The monoisotopic (exact) mass is 229 g/mol. The van der Waals surface area contributed by atoms with E-state index in [0.717, 1.165) is 12.8 Å². The van der Waals surface area contributed by atoms with Crippen molar-refractivity contribution in [2.75, 3.05) is 0 Å². The van der Waals surface area contributed by atoms with Gasteiger partial charge in [-0.15, -0.1) is 0 Å². The summed E-state index contributed by atoms with van der Waals surface area (Å²) in [5.41, 5.74) is 4.88. The fourth-order valence-corrected chi connectivity index (χ4v) is 1.83. The van der Waals surface area contributed by atoms with Gasteiger partial charge in [-0.05, 0) is 19.8 Å². The Balaban J connectivity index is 4.16. The normalized spacial score (nSPS) is 14.6. The predicted molar refractivity (Wildman–Crippen MR) is 63.9 cm³/mol. The first kappa shape index (κ1) is 14.9. The third-order valence-electron chi connectivity index (χ3n) is 2.91. The van der Waals surface area contributed by atoms with Crippen molar-refractivity contribution in [1.29, 1.82) is 0 Å². The smallest absolute Gasteiger partial charge is 0.318 e. The SMILES string of the molecule is CCC(CC)C(C)NC(C)C(=O)NC(N)=O. The van der Waals surface area contributed by atoms with Crippen LogP contribution in [0.5, 0.6) is 0 Å². The van der Waals surface area contributed by atoms with Crippen LogP contribution in [-0.4, -0.2) is 24.0 Å². The highest BCUT2D eigenvalue weighted by atomic mass is 16.2. The standard InChI is InChI=1S/C11H23N3O2/c1-5-9(6-2)7(3)13-8(4)10(15)14-11(12)16/h7-9,13H,5-6H2,1-4H3,(H3,12,14,15,16). The number of primary amides is 1. The van der Waals surface area contributed by atoms with E-state index in [2.05, 4.69) is 24.5 Å². The van der Waals surface area contributed by atoms with Crippen molar-refractivity contribution in [2.45, 2.75) is 52.6 Å². The summed E-state index contributed by atoms with van der Waals surface area (Å²) >= 11 is 0. The lowest BCUT2D eigenvalue weighted by Gasteiger charge is -2.25. The second-order valence-electron chi connectivity index (χ2n) is 4.11. The number of nitrogens with one attached hydrogen (secondary N) is 2. The maximum atomic E-state index is 11.4. The van der Waals surface area contributed by atoms with Crippen molar-refractivity contribution in [3.8, 4) is 0 Å². The van der Waals surface area contributed by atoms with Crippen molar-refractivity contribution in [1.82, 2.24) is 10.6 Å². The molecular formula is C11H23N3O2. The molecule has 0 aliphatic rings. The molecule has 0 aliphatic carbocycles. The molecule has 2 unspecified atom stereocenters. The highest BCUT2D eigenvalue weighted by Gasteiger charge is 2.20. The quantitative estimate of drug-likeness (QED) is 0.635. The predicted octanol–water partition coefficient (Wildman–Crippen LogP) is 0.984. The molecule has 0 aliphatic heterocycles. The Bertz CT molecular complexity index is 239. The Morgan fingerprint density at radius 2 is 1.69 bits per heavy atom. The molecule has 0 saturated heterocycles. The van der Waals surface area contributed by atoms with Crippen molar-refractivity contribution < 1.29 is 9.59 Å². The van der Waals surface area contributed by atoms with Gasteiger partial charge in [-0.2, -0.15) is 0 Å². The minimum atomic E-state index is -0.811. The van der Waals surface area contributed by atoms with Crippen molar-refractivity contribution in [3.05, 3.63) is 0 Å². The van der Waals surface area contributed by atoms with E-state index in [-0.39, 0.29) is 11.9 Å². The minimum Gasteiger partial charge on any atom is -0.351 e. The van der Waals surface area contributed by atoms with E-state index in [9.17, 15) is 9.59 Å². The number of hydrogen-bond acceptors (Lipinski definition) is 3. The molecule has 0 aromatic heterocycles. The van der Waals surface area contributed by atoms with Gasteiger partial charge in [0.15, 0.2) is 0 Å². The average molecular weight is 229 g/mol. The number of rotatable bonds is 6. The Hall–Kier alpha value is -1.10. The summed E-state index contributed by atoms with van der Waals surface area (Å²) in [5, 5.41) is 5.23. The van der Waals surface area contributed by atoms with E-state index in [0.29, 0.717) is 5.92 Å². The van der Waals surface area contributed by atoms with E-state index in [1.54, 1.807) is 6.92 Å². The number of nitrogens with two attached hydrogens (primary N) is 1. The van der Waals surface area contributed by atoms with E-state index < -0.39 is 12.1 Å². The van der Waals surface area contributed by atoms with Crippen LogP contribution in [0, 0.1) is 5.92 Å². The molecule has 3 amide bonds. The van der Waals surface area contributed by atoms with Gasteiger partial charge in [-0.25, -0.2) is 4.79 Å². The number of hydrogen-bond donors (Lipinski definition) is 3. The van der Waals surface area contributed by atoms with Crippen LogP contribution in [0.4, 0.5) is 4.79 Å². The molecule has 0 saturated carbocycles. The maximum absolute atomic E-state index is 11.4. The van der Waals surface area contributed by atoms with Crippen molar-refractivity contribution in [2.24, 2.45) is 11.7 Å². The summed E-state index contributed by atoms with van der Waals surface area (Å²) in [4.78, 5) is 21.9. The summed E-state index contributed by atoms with van der Waals surface area (Å²) in [7, 11) is 0. The lowest BCUT2D eigenvalue weighted by Crippen LogP contribution is -2.50. The molecule has 16 heavy (non-hydrogen) atoms. The molecule has 0 rings (SSSR count). The third kappa shape index (κ3) is 5.11. The number of carbonyl (C=O) groups is 2. The maximum Gasteiger partial charge on any atom is 0.318 e. The van der Waals surface area contributed by atoms with Crippen LogP contribution in [0.25, 0.3) is 0 Å². The van der Waals surface area contributed by atoms with Gasteiger partial charge in [-0.3, -0.25) is 10.1 Å². The fraction of sp³-hybridized carbons (Fsp3) is 0.818. The second kappa shape index (κ2) is 7.22. The molecule has 0 aromatic carbocycles. The van der Waals surface area contributed by atoms with E-state index in [1.165, 1.54) is 0 Å². The van der Waals surface area contributed by atoms with E-state index in [1.807, 2.05) is 6.92 Å². The zero-order chi connectivity index (χ0) is 12.7. The molecule has 0 aromatic rings. The van der Waals surface area contributed by atoms with Gasteiger partial charge in [0.1, 0.15) is 0 Å². The fourth-order valence-electron chi connectivity index (χ4n) is 1.83. The molecule has 0 radical (unpaired) electrons. The molecule has 2 atom stereocenters. The molecule has 0 fully saturated rings. The molecule has 0 bridgehead atoms. The first-order valence-electron chi connectivity index (χ1n) is 5.78. The Morgan fingerprint density at radius 1 is 1.19 bits per heavy atom. The van der Waals surface area contributed by atoms with E-state index >= 15 is 0 Å². The van der Waals surface area contributed by atoms with Crippen molar-refractivity contribution >= 4 is 11.9 Å². The molecule has 4 N–H and O–H groups in total. The first-order valence-corrected chi connectivity index (χ1v) is 5.78. The topological polar surface area (TPSA) is 84.2 Å². The van der Waals surface area contributed by atoms with Gasteiger partial charge < -0.3 is 11.1 Å². The average Bonchev–Trinajstić information content (AvgIpc) is 2.18. The highest BCUT2D eigenvalue weighted by Crippen LogP contribution is 2.12. The molecule has 0 heterocycles. The lowest BCUT2D eigenvalue weighted by molar-refractivity contribution is -0.121. The zero-order valence-electron chi connectivity index (χ0n) is 10.5. The number of urea groups is 1. The summed E-state index contributed by atoms with van der Waals surface area (Å²) in [5.74, 6) is 0.147. The van der Waals surface area contributed by atoms with Crippen LogP contribution in [-0.2, 0) is 4.79 Å². The molecular weight excluding hydrogens is 206 g/mol. The second-order valence-corrected chi connectivity index (χ2v) is 4.11. The van der Waals surface area contributed by atoms with Crippen LogP contribution in [0.1, 0.15) is 40.5 Å². The Kier molecular flexibility index (Phi) is 6.72. The van der Waals surface area contributed by atoms with Gasteiger partial charge in [0.2, 0.25) is 5.91 Å². The number of carbonyl (C=O) groups excluding carboxylic acids is 2. The number of amides is 3. The molecule has 5 heteroatoms. The summed E-state index contributed by atoms with van der Waals surface area (Å²) < 4.78 is 0. The lowest BCUT2D eigenvalue weighted by atomic mass is 9.95. The summed E-state index contributed by atoms with van der Waals surface area (Å²) in [6.07, 6.45) is 2.13. The van der Waals surface area contributed by atoms with Gasteiger partial charge >= 0.3 is 6.03 Å². The van der Waals surface area contributed by atoms with Crippen molar-refractivity contribution in [3.63, 3.8) is 0 Å². The Labute approximate surface area is 97.2 Å². The Morgan fingerprint density at radius 3 is 2.06 bits per heavy atom. The van der Waals surface area contributed by atoms with Crippen LogP contribution < -0.4 is 16.4 Å². The largest absolute Gasteiger partial charge is 0.351 e. The molecule has 94 valence electrons. The van der Waals surface area contributed by atoms with Crippen LogP contribution >= 0.6 is 0 Å². The zero-order valence-corrected chi connectivity index (χ0v) is 10.5. The van der Waals surface area contributed by atoms with Crippen LogP contribution in [0.3, 0.4) is 0 Å². The van der Waals surface area contributed by atoms with Crippen LogP contribution in [0.2, 0.25) is 0 Å². The number of imide groups is 1. The van der Waals surface area contributed by atoms with Gasteiger partial charge in [0.25, 0.3) is 0 Å². The van der Waals surface area contributed by atoms with Crippen LogP contribution in [0.15, 0.2) is 0 Å².